The average Bonchev–Trinajstić information content (AvgIpc) is 2.60. The van der Waals surface area contributed by atoms with E-state index in [2.05, 4.69) is 10.3 Å². The third-order valence-electron chi connectivity index (χ3n) is 2.23. The van der Waals surface area contributed by atoms with Gasteiger partial charge in [-0.2, -0.15) is 0 Å². The first-order valence-electron chi connectivity index (χ1n) is 5.46. The number of nitrogens with one attached hydrogen (secondary N) is 1. The van der Waals surface area contributed by atoms with E-state index in [0.29, 0.717) is 11.0 Å². The summed E-state index contributed by atoms with van der Waals surface area (Å²) in [5.41, 5.74) is 5.48. The fourth-order valence-electron chi connectivity index (χ4n) is 1.43. The summed E-state index contributed by atoms with van der Waals surface area (Å²) in [5.74, 6) is 0.113. The number of nitrogens with zero attached hydrogens (tertiary/aromatic N) is 1. The quantitative estimate of drug-likeness (QED) is 0.751. The molecule has 1 aromatic rings. The van der Waals surface area contributed by atoms with Crippen molar-refractivity contribution >= 4 is 17.7 Å². The molecule has 0 saturated carbocycles. The second kappa shape index (κ2) is 5.55. The number of nitrogens with two attached hydrogens (primary N) is 1. The number of oxazole rings is 1. The van der Waals surface area contributed by atoms with E-state index >= 15 is 0 Å². The van der Waals surface area contributed by atoms with Crippen LogP contribution in [0.25, 0.3) is 0 Å². The molecule has 0 spiro atoms. The van der Waals surface area contributed by atoms with Gasteiger partial charge in [0.2, 0.25) is 5.91 Å². The van der Waals surface area contributed by atoms with Crippen LogP contribution in [0.2, 0.25) is 0 Å². The molecule has 1 amide bonds. The third-order valence-corrected chi connectivity index (χ3v) is 3.39. The normalized spacial score (nSPS) is 14.9. The van der Waals surface area contributed by atoms with Gasteiger partial charge in [-0.1, -0.05) is 11.8 Å². The molecular weight excluding hydrogens is 238 g/mol. The molecule has 0 aliphatic rings. The lowest BCUT2D eigenvalue weighted by Gasteiger charge is -2.28. The van der Waals surface area contributed by atoms with Gasteiger partial charge in [0.05, 0.1) is 5.69 Å². The summed E-state index contributed by atoms with van der Waals surface area (Å²) in [6, 6.07) is 0.180. The van der Waals surface area contributed by atoms with Crippen molar-refractivity contribution in [1.82, 2.24) is 10.3 Å². The minimum absolute atomic E-state index is 0.180. The van der Waals surface area contributed by atoms with Crippen molar-refractivity contribution in [2.24, 2.45) is 5.73 Å². The monoisotopic (exact) mass is 257 g/mol. The third kappa shape index (κ3) is 4.05. The van der Waals surface area contributed by atoms with Gasteiger partial charge in [-0.05, 0) is 27.7 Å². The molecule has 1 atom stereocenters. The summed E-state index contributed by atoms with van der Waals surface area (Å²) in [4.78, 5) is 15.6. The predicted molar refractivity (Wildman–Crippen MR) is 67.8 cm³/mol. The lowest BCUT2D eigenvalue weighted by molar-refractivity contribution is -0.123. The van der Waals surface area contributed by atoms with Crippen molar-refractivity contribution in [3.8, 4) is 0 Å². The Morgan fingerprint density at radius 1 is 1.71 bits per heavy atom. The fourth-order valence-corrected chi connectivity index (χ4v) is 2.39. The van der Waals surface area contributed by atoms with Crippen LogP contribution in [0, 0.1) is 6.92 Å². The van der Waals surface area contributed by atoms with Crippen molar-refractivity contribution in [3.05, 3.63) is 12.0 Å². The molecular formula is C11H19N3O2S. The second-order valence-electron chi connectivity index (χ2n) is 4.54. The molecule has 5 nitrogen and oxygen atoms in total. The highest BCUT2D eigenvalue weighted by Crippen LogP contribution is 2.22. The molecule has 1 aromatic heterocycles. The van der Waals surface area contributed by atoms with E-state index < -0.39 is 5.54 Å². The highest BCUT2D eigenvalue weighted by molar-refractivity contribution is 7.99. The van der Waals surface area contributed by atoms with Crippen molar-refractivity contribution in [1.29, 1.82) is 0 Å². The zero-order valence-electron chi connectivity index (χ0n) is 10.6. The maximum Gasteiger partial charge on any atom is 0.255 e. The lowest BCUT2D eigenvalue weighted by Crippen LogP contribution is -2.57. The van der Waals surface area contributed by atoms with Gasteiger partial charge >= 0.3 is 0 Å². The number of hydrogen-bond donors (Lipinski definition) is 2. The lowest BCUT2D eigenvalue weighted by atomic mass is 10.0. The molecule has 0 aromatic carbocycles. The SMILES string of the molecule is Cc1coc(SCC(C)(NC(C)C)C(N)=O)n1. The second-order valence-corrected chi connectivity index (χ2v) is 5.47. The van der Waals surface area contributed by atoms with Crippen LogP contribution in [0.5, 0.6) is 0 Å². The van der Waals surface area contributed by atoms with Crippen LogP contribution in [0.3, 0.4) is 0 Å². The van der Waals surface area contributed by atoms with Crippen LogP contribution in [0.1, 0.15) is 26.5 Å². The van der Waals surface area contributed by atoms with E-state index in [4.69, 9.17) is 10.2 Å². The molecule has 0 aliphatic carbocycles. The number of carbonyl (C=O) groups excluding carboxylic acids is 1. The fraction of sp³-hybridized carbons (Fsp3) is 0.636. The van der Waals surface area contributed by atoms with Gasteiger partial charge in [0.1, 0.15) is 11.8 Å². The largest absolute Gasteiger partial charge is 0.440 e. The smallest absolute Gasteiger partial charge is 0.255 e. The molecule has 0 bridgehead atoms. The van der Waals surface area contributed by atoms with Gasteiger partial charge in [-0.25, -0.2) is 4.98 Å². The van der Waals surface area contributed by atoms with Crippen molar-refractivity contribution < 1.29 is 9.21 Å². The molecule has 1 heterocycles. The molecule has 1 unspecified atom stereocenters. The zero-order valence-corrected chi connectivity index (χ0v) is 11.4. The van der Waals surface area contributed by atoms with Crippen molar-refractivity contribution in [3.63, 3.8) is 0 Å². The minimum Gasteiger partial charge on any atom is -0.440 e. The van der Waals surface area contributed by atoms with E-state index in [1.54, 1.807) is 13.2 Å². The Kier molecular flexibility index (Phi) is 4.59. The molecule has 0 radical (unpaired) electrons. The Bertz CT molecular complexity index is 392. The first-order chi connectivity index (χ1) is 7.83. The molecule has 1 rings (SSSR count). The number of rotatable bonds is 6. The Balaban J connectivity index is 2.64. The minimum atomic E-state index is -0.763. The first kappa shape index (κ1) is 14.1. The highest BCUT2D eigenvalue weighted by Gasteiger charge is 2.32. The van der Waals surface area contributed by atoms with Gasteiger partial charge in [0.15, 0.2) is 0 Å². The van der Waals surface area contributed by atoms with E-state index in [0.717, 1.165) is 5.69 Å². The molecule has 3 N–H and O–H groups in total. The van der Waals surface area contributed by atoms with E-state index in [1.807, 2.05) is 20.8 Å². The van der Waals surface area contributed by atoms with E-state index in [1.165, 1.54) is 11.8 Å². The number of primary amides is 1. The standard InChI is InChI=1S/C11H19N3O2S/c1-7(2)14-11(4,9(12)15)6-17-10-13-8(3)5-16-10/h5,7,14H,6H2,1-4H3,(H2,12,15). The summed E-state index contributed by atoms with van der Waals surface area (Å²) in [7, 11) is 0. The van der Waals surface area contributed by atoms with Gasteiger partial charge in [0.25, 0.3) is 5.22 Å². The Morgan fingerprint density at radius 2 is 2.35 bits per heavy atom. The summed E-state index contributed by atoms with van der Waals surface area (Å²) >= 11 is 1.38. The van der Waals surface area contributed by atoms with E-state index in [9.17, 15) is 4.79 Å². The summed E-state index contributed by atoms with van der Waals surface area (Å²) in [6.07, 6.45) is 1.58. The number of amides is 1. The highest BCUT2D eigenvalue weighted by atomic mass is 32.2. The van der Waals surface area contributed by atoms with E-state index in [-0.39, 0.29) is 11.9 Å². The molecule has 0 fully saturated rings. The van der Waals surface area contributed by atoms with Gasteiger partial charge < -0.3 is 15.5 Å². The van der Waals surface area contributed by atoms with Crippen LogP contribution >= 0.6 is 11.8 Å². The van der Waals surface area contributed by atoms with Crippen LogP contribution in [-0.4, -0.2) is 28.2 Å². The molecule has 0 aliphatic heterocycles. The van der Waals surface area contributed by atoms with Crippen LogP contribution in [-0.2, 0) is 4.79 Å². The Morgan fingerprint density at radius 3 is 2.76 bits per heavy atom. The van der Waals surface area contributed by atoms with Crippen molar-refractivity contribution in [2.45, 2.75) is 44.5 Å². The number of hydrogen-bond acceptors (Lipinski definition) is 5. The van der Waals surface area contributed by atoms with Gasteiger partial charge in [0, 0.05) is 11.8 Å². The van der Waals surface area contributed by atoms with Crippen LogP contribution in [0.4, 0.5) is 0 Å². The molecule has 96 valence electrons. The Labute approximate surface area is 106 Å². The summed E-state index contributed by atoms with van der Waals surface area (Å²) < 4.78 is 5.22. The van der Waals surface area contributed by atoms with Crippen LogP contribution in [0.15, 0.2) is 15.9 Å². The predicted octanol–water partition coefficient (Wildman–Crippen LogP) is 1.32. The maximum atomic E-state index is 11.5. The number of carbonyl (C=O) groups is 1. The topological polar surface area (TPSA) is 81.1 Å². The zero-order chi connectivity index (χ0) is 13.1. The van der Waals surface area contributed by atoms with Crippen molar-refractivity contribution in [2.75, 3.05) is 5.75 Å². The van der Waals surface area contributed by atoms with Gasteiger partial charge in [-0.15, -0.1) is 0 Å². The summed E-state index contributed by atoms with van der Waals surface area (Å²) in [5, 5.41) is 3.72. The maximum absolute atomic E-state index is 11.5. The molecule has 6 heteroatoms. The number of aromatic nitrogens is 1. The average molecular weight is 257 g/mol. The summed E-state index contributed by atoms with van der Waals surface area (Å²) in [6.45, 7) is 7.59. The molecule has 0 saturated heterocycles. The Hall–Kier alpha value is -1.01. The molecule has 17 heavy (non-hydrogen) atoms. The first-order valence-corrected chi connectivity index (χ1v) is 6.44. The van der Waals surface area contributed by atoms with Crippen LogP contribution < -0.4 is 11.1 Å². The number of aryl methyl sites for hydroxylation is 1. The van der Waals surface area contributed by atoms with Gasteiger partial charge in [-0.3, -0.25) is 4.79 Å². The number of thioether (sulfide) groups is 1.